The zero-order valence-corrected chi connectivity index (χ0v) is 29.4. The Balaban J connectivity index is 1.41. The number of amides is 4. The Labute approximate surface area is 285 Å². The molecular formula is C34H38BrN5O4S2. The number of fused-ring (bicyclic) bond motifs is 2. The normalized spacial score (nSPS) is 15.7. The molecule has 0 bridgehead atoms. The Bertz CT molecular complexity index is 1760. The third kappa shape index (κ3) is 7.92. The predicted octanol–water partition coefficient (Wildman–Crippen LogP) is 6.34. The third-order valence-electron chi connectivity index (χ3n) is 7.62. The zero-order valence-electron chi connectivity index (χ0n) is 26.1. The maximum atomic E-state index is 14.1. The number of halogens is 1. The highest BCUT2D eigenvalue weighted by atomic mass is 79.9. The van der Waals surface area contributed by atoms with Crippen molar-refractivity contribution < 1.29 is 19.5 Å². The molecule has 46 heavy (non-hydrogen) atoms. The Morgan fingerprint density at radius 1 is 1.11 bits per heavy atom. The molecule has 4 aromatic rings. The summed E-state index contributed by atoms with van der Waals surface area (Å²) in [6.07, 6.45) is -0.370. The number of carbonyl (C=O) groups is 3. The number of nitrogens with one attached hydrogen (secondary N) is 4. The van der Waals surface area contributed by atoms with Crippen LogP contribution in [0.1, 0.15) is 32.8 Å². The molecule has 0 unspecified atom stereocenters. The van der Waals surface area contributed by atoms with Crippen LogP contribution < -0.4 is 26.2 Å². The van der Waals surface area contributed by atoms with E-state index in [2.05, 4.69) is 49.3 Å². The number of para-hydroxylation sites is 2. The Hall–Kier alpha value is -3.42. The van der Waals surface area contributed by atoms with E-state index in [1.807, 2.05) is 68.4 Å². The van der Waals surface area contributed by atoms with Crippen molar-refractivity contribution in [1.29, 1.82) is 0 Å². The molecule has 9 nitrogen and oxygen atoms in total. The maximum Gasteiger partial charge on any atom is 0.318 e. The highest BCUT2D eigenvalue weighted by Gasteiger charge is 2.33. The van der Waals surface area contributed by atoms with Gasteiger partial charge in [-0.05, 0) is 72.6 Å². The molecule has 1 aromatic heterocycles. The molecule has 0 saturated carbocycles. The Kier molecular flexibility index (Phi) is 10.7. The highest BCUT2D eigenvalue weighted by Crippen LogP contribution is 2.45. The first-order valence-electron chi connectivity index (χ1n) is 15.0. The molecule has 0 fully saturated rings. The van der Waals surface area contributed by atoms with Gasteiger partial charge in [-0.2, -0.15) is 0 Å². The average Bonchev–Trinajstić information content (AvgIpc) is 3.29. The first-order chi connectivity index (χ1) is 22.0. The van der Waals surface area contributed by atoms with Crippen LogP contribution in [0, 0.1) is 0 Å². The molecule has 4 amide bonds. The molecule has 0 aliphatic carbocycles. The topological polar surface area (TPSA) is 123 Å². The zero-order chi connectivity index (χ0) is 33.0. The Morgan fingerprint density at radius 2 is 1.85 bits per heavy atom. The summed E-state index contributed by atoms with van der Waals surface area (Å²) >= 11 is 7.00. The summed E-state index contributed by atoms with van der Waals surface area (Å²) in [6.45, 7) is 6.19. The number of hydrogen-bond acceptors (Lipinski definition) is 7. The minimum atomic E-state index is -0.704. The number of thiophene rings is 1. The van der Waals surface area contributed by atoms with E-state index in [0.29, 0.717) is 24.5 Å². The molecule has 2 heterocycles. The van der Waals surface area contributed by atoms with Crippen molar-refractivity contribution in [2.45, 2.75) is 56.3 Å². The fraction of sp³-hybridized carbons (Fsp3) is 0.324. The van der Waals surface area contributed by atoms with Crippen LogP contribution in [-0.4, -0.2) is 60.0 Å². The summed E-state index contributed by atoms with van der Waals surface area (Å²) in [5.41, 5.74) is 2.81. The number of benzene rings is 3. The lowest BCUT2D eigenvalue weighted by Gasteiger charge is -2.29. The number of anilines is 2. The predicted molar refractivity (Wildman–Crippen MR) is 192 cm³/mol. The van der Waals surface area contributed by atoms with E-state index in [1.165, 1.54) is 0 Å². The lowest BCUT2D eigenvalue weighted by atomic mass is 9.99. The second-order valence-corrected chi connectivity index (χ2v) is 14.8. The van der Waals surface area contributed by atoms with Crippen molar-refractivity contribution in [2.24, 2.45) is 0 Å². The summed E-state index contributed by atoms with van der Waals surface area (Å²) in [5.74, 6) is 0.0249. The quantitative estimate of drug-likeness (QED) is 0.130. The molecular weight excluding hydrogens is 686 g/mol. The maximum absolute atomic E-state index is 14.1. The summed E-state index contributed by atoms with van der Waals surface area (Å²) in [6, 6.07) is 20.7. The molecule has 0 spiro atoms. The van der Waals surface area contributed by atoms with Crippen LogP contribution in [0.3, 0.4) is 0 Å². The molecule has 2 atom stereocenters. The number of urea groups is 1. The number of aliphatic hydroxyl groups excluding tert-OH is 1. The monoisotopic (exact) mass is 723 g/mol. The molecule has 1 aliphatic rings. The second kappa shape index (κ2) is 14.6. The van der Waals surface area contributed by atoms with Gasteiger partial charge in [0.1, 0.15) is 6.04 Å². The number of β-amino-alcohol motifs (C(OH)–C–C–N with tert-alkyl or cyclic N) is 1. The molecule has 3 aromatic carbocycles. The Morgan fingerprint density at radius 3 is 2.61 bits per heavy atom. The van der Waals surface area contributed by atoms with Crippen LogP contribution in [0.25, 0.3) is 20.5 Å². The van der Waals surface area contributed by atoms with Crippen molar-refractivity contribution in [3.63, 3.8) is 0 Å². The first-order valence-corrected chi connectivity index (χ1v) is 17.6. The van der Waals surface area contributed by atoms with E-state index in [4.69, 9.17) is 0 Å². The van der Waals surface area contributed by atoms with Gasteiger partial charge in [-0.3, -0.25) is 9.59 Å². The van der Waals surface area contributed by atoms with E-state index in [0.717, 1.165) is 41.1 Å². The van der Waals surface area contributed by atoms with Gasteiger partial charge in [0.2, 0.25) is 5.91 Å². The van der Waals surface area contributed by atoms with Gasteiger partial charge in [-0.1, -0.05) is 36.4 Å². The highest BCUT2D eigenvalue weighted by molar-refractivity contribution is 9.10. The van der Waals surface area contributed by atoms with Crippen LogP contribution in [0.15, 0.2) is 76.1 Å². The van der Waals surface area contributed by atoms with E-state index in [-0.39, 0.29) is 24.3 Å². The number of carbonyl (C=O) groups excluding carboxylic acids is 3. The van der Waals surface area contributed by atoms with E-state index in [9.17, 15) is 19.5 Å². The average molecular weight is 725 g/mol. The largest absolute Gasteiger partial charge is 0.392 e. The smallest absolute Gasteiger partial charge is 0.318 e. The molecule has 5 N–H and O–H groups in total. The van der Waals surface area contributed by atoms with E-state index in [1.54, 1.807) is 42.0 Å². The van der Waals surface area contributed by atoms with Crippen LogP contribution in [0.2, 0.25) is 0 Å². The minimum Gasteiger partial charge on any atom is -0.392 e. The van der Waals surface area contributed by atoms with Gasteiger partial charge < -0.3 is 31.3 Å². The standard InChI is InChI=1S/C34H38BrN5O4S2/c1-20(41)17-37-34(2,3)16-29(42)38-25-19-45-28-12-8-7-11-26(28)40(32(25)43)18-21-13-14-27-23(15-21)30(35)31(46-27)22-9-5-6-10-24(22)39-33(44)36-4/h5-15,20,25,37,41H,16-19H2,1-4H3,(H,38,42)(H2,36,39,44)/t20-,25-/m1/s1. The van der Waals surface area contributed by atoms with Gasteiger partial charge in [-0.15, -0.1) is 23.1 Å². The van der Waals surface area contributed by atoms with E-state index < -0.39 is 17.7 Å². The summed E-state index contributed by atoms with van der Waals surface area (Å²) < 4.78 is 1.98. The number of nitrogens with zero attached hydrogens (tertiary/aromatic N) is 1. The summed E-state index contributed by atoms with van der Waals surface area (Å²) in [4.78, 5) is 43.1. The fourth-order valence-corrected chi connectivity index (χ4v) is 8.40. The van der Waals surface area contributed by atoms with Crippen LogP contribution >= 0.6 is 39.0 Å². The van der Waals surface area contributed by atoms with Crippen LogP contribution in [0.4, 0.5) is 16.2 Å². The van der Waals surface area contributed by atoms with Gasteiger partial charge in [0.15, 0.2) is 0 Å². The summed E-state index contributed by atoms with van der Waals surface area (Å²) in [7, 11) is 1.58. The van der Waals surface area contributed by atoms with Gasteiger partial charge in [0.25, 0.3) is 5.91 Å². The van der Waals surface area contributed by atoms with Crippen LogP contribution in [0.5, 0.6) is 0 Å². The van der Waals surface area contributed by atoms with Crippen molar-refractivity contribution in [3.05, 3.63) is 76.8 Å². The lowest BCUT2D eigenvalue weighted by molar-refractivity contribution is -0.127. The lowest BCUT2D eigenvalue weighted by Crippen LogP contribution is -2.52. The van der Waals surface area contributed by atoms with Gasteiger partial charge in [-0.25, -0.2) is 4.79 Å². The molecule has 5 rings (SSSR count). The van der Waals surface area contributed by atoms with Crippen LogP contribution in [-0.2, 0) is 16.1 Å². The van der Waals surface area contributed by atoms with Gasteiger partial charge in [0.05, 0.1) is 28.9 Å². The second-order valence-electron chi connectivity index (χ2n) is 11.9. The van der Waals surface area contributed by atoms with Crippen molar-refractivity contribution >= 4 is 78.3 Å². The molecule has 0 saturated heterocycles. The first kappa shape index (κ1) is 33.9. The molecule has 12 heteroatoms. The number of aliphatic hydroxyl groups is 1. The van der Waals surface area contributed by atoms with Gasteiger partial charge in [0, 0.05) is 56.3 Å². The number of thioether (sulfide) groups is 1. The van der Waals surface area contributed by atoms with Crippen molar-refractivity contribution in [1.82, 2.24) is 16.0 Å². The van der Waals surface area contributed by atoms with Gasteiger partial charge >= 0.3 is 6.03 Å². The SMILES string of the molecule is CNC(=O)Nc1ccccc1-c1sc2ccc(CN3C(=O)[C@H](NC(=O)CC(C)(C)NC[C@@H](C)O)CSc4ccccc43)cc2c1Br. The van der Waals surface area contributed by atoms with Crippen molar-refractivity contribution in [3.8, 4) is 10.4 Å². The fourth-order valence-electron chi connectivity index (χ4n) is 5.30. The number of hydrogen-bond donors (Lipinski definition) is 5. The van der Waals surface area contributed by atoms with E-state index >= 15 is 0 Å². The summed E-state index contributed by atoms with van der Waals surface area (Å²) in [5, 5.41) is 22.4. The molecule has 0 radical (unpaired) electrons. The third-order valence-corrected chi connectivity index (χ3v) is 11.1. The molecule has 1 aliphatic heterocycles. The molecule has 242 valence electrons. The number of rotatable bonds is 10. The minimum absolute atomic E-state index is 0.161. The van der Waals surface area contributed by atoms with Crippen molar-refractivity contribution in [2.75, 3.05) is 29.6 Å².